The molecule has 0 aliphatic carbocycles. The molecule has 0 saturated heterocycles. The zero-order valence-corrected chi connectivity index (χ0v) is 26.9. The lowest BCUT2D eigenvalue weighted by molar-refractivity contribution is 0.482. The van der Waals surface area contributed by atoms with Gasteiger partial charge in [-0.1, -0.05) is 0 Å². The monoisotopic (exact) mass is 592 g/mol. The van der Waals surface area contributed by atoms with Crippen molar-refractivity contribution in [2.24, 2.45) is 0 Å². The Morgan fingerprint density at radius 2 is 0.568 bits per heavy atom. The van der Waals surface area contributed by atoms with Crippen molar-refractivity contribution < 1.29 is 9.47 Å². The molecule has 0 amide bonds. The van der Waals surface area contributed by atoms with E-state index < -0.39 is 0 Å². The van der Waals surface area contributed by atoms with Gasteiger partial charge in [-0.25, -0.2) is 0 Å². The fourth-order valence-electron chi connectivity index (χ4n) is 5.96. The number of hydrogen-bond acceptors (Lipinski definition) is 6. The van der Waals surface area contributed by atoms with Crippen molar-refractivity contribution in [1.82, 2.24) is 0 Å². The van der Waals surface area contributed by atoms with E-state index >= 15 is 0 Å². The van der Waals surface area contributed by atoms with Crippen LogP contribution in [-0.2, 0) is 0 Å². The first kappa shape index (κ1) is 31.1. The Labute approximate surface area is 264 Å². The maximum atomic E-state index is 6.22. The highest BCUT2D eigenvalue weighted by atomic mass is 16.5. The fraction of sp³-hybridized carbons (Fsp3) is 0.368. The molecule has 0 aromatic heterocycles. The van der Waals surface area contributed by atoms with E-state index in [-0.39, 0.29) is 0 Å². The minimum Gasteiger partial charge on any atom is -0.457 e. The summed E-state index contributed by atoms with van der Waals surface area (Å²) in [5.74, 6) is 3.43. The van der Waals surface area contributed by atoms with Crippen LogP contribution in [0.3, 0.4) is 0 Å². The molecular formula is C38H48N4O2. The molecule has 4 aromatic rings. The van der Waals surface area contributed by atoms with Gasteiger partial charge in [0.15, 0.2) is 0 Å². The second-order valence-electron chi connectivity index (χ2n) is 11.2. The third-order valence-electron chi connectivity index (χ3n) is 8.52. The van der Waals surface area contributed by atoms with Crippen molar-refractivity contribution >= 4 is 22.7 Å². The highest BCUT2D eigenvalue weighted by Gasteiger charge is 2.11. The van der Waals surface area contributed by atoms with E-state index in [0.717, 1.165) is 88.2 Å². The van der Waals surface area contributed by atoms with Gasteiger partial charge in [0.05, 0.1) is 0 Å². The van der Waals surface area contributed by atoms with Crippen molar-refractivity contribution in [2.75, 3.05) is 72.0 Å². The number of hydrogen-bond donors (Lipinski definition) is 0. The normalized spacial score (nSPS) is 14.8. The lowest BCUT2D eigenvalue weighted by Gasteiger charge is -2.28. The molecule has 7 aliphatic rings. The van der Waals surface area contributed by atoms with E-state index in [9.17, 15) is 0 Å². The standard InChI is InChI=1S/C38H48N4O2/c1-5-39-27-9-28-40(6-2)32-13-21-37(22-14-32)44-38-25-17-34(18-26-38)42(8-4)30-10-29-41(7-3)33-15-23-36(24-16-33)43-35-19-11-31(39)12-20-35/h11-26H,5-10,27-30H2,1-4H3. The van der Waals surface area contributed by atoms with Gasteiger partial charge in [-0.15, -0.1) is 0 Å². The predicted octanol–water partition coefficient (Wildman–Crippen LogP) is 9.07. The number of rotatable bonds is 4. The summed E-state index contributed by atoms with van der Waals surface area (Å²) < 4.78 is 12.4. The summed E-state index contributed by atoms with van der Waals surface area (Å²) in [6, 6.07) is 34.0. The fourth-order valence-corrected chi connectivity index (χ4v) is 5.96. The van der Waals surface area contributed by atoms with Crippen LogP contribution in [0.25, 0.3) is 0 Å². The lowest BCUT2D eigenvalue weighted by atomic mass is 10.2. The SMILES string of the molecule is CCN1CCCN(CC)c2ccc(cc2)Oc2ccc(cc2)N(CC)CCCN(CC)c2ccc(cc2)Oc2ccc1cc2. The third-order valence-corrected chi connectivity index (χ3v) is 8.52. The molecule has 44 heavy (non-hydrogen) atoms. The Hall–Kier alpha value is -4.32. The van der Waals surface area contributed by atoms with E-state index in [0.29, 0.717) is 0 Å². The molecule has 4 aromatic carbocycles. The van der Waals surface area contributed by atoms with Crippen LogP contribution in [0.5, 0.6) is 23.0 Å². The Balaban J connectivity index is 1.36. The van der Waals surface area contributed by atoms with Gasteiger partial charge in [-0.2, -0.15) is 0 Å². The van der Waals surface area contributed by atoms with Crippen LogP contribution in [0.15, 0.2) is 97.1 Å². The van der Waals surface area contributed by atoms with E-state index in [1.54, 1.807) is 0 Å². The summed E-state index contributed by atoms with van der Waals surface area (Å²) in [5.41, 5.74) is 4.89. The topological polar surface area (TPSA) is 31.4 Å². The molecule has 8 bridgehead atoms. The Morgan fingerprint density at radius 1 is 0.364 bits per heavy atom. The largest absolute Gasteiger partial charge is 0.457 e. The van der Waals surface area contributed by atoms with E-state index in [2.05, 4.69) is 144 Å². The van der Waals surface area contributed by atoms with Crippen molar-refractivity contribution in [3.05, 3.63) is 97.1 Å². The summed E-state index contributed by atoms with van der Waals surface area (Å²) in [6.45, 7) is 16.7. The van der Waals surface area contributed by atoms with Gasteiger partial charge in [0.1, 0.15) is 23.0 Å². The molecule has 7 heterocycles. The number of anilines is 4. The summed E-state index contributed by atoms with van der Waals surface area (Å²) in [5, 5.41) is 0. The van der Waals surface area contributed by atoms with Crippen molar-refractivity contribution in [1.29, 1.82) is 0 Å². The second-order valence-corrected chi connectivity index (χ2v) is 11.2. The summed E-state index contributed by atoms with van der Waals surface area (Å²) >= 11 is 0. The third kappa shape index (κ3) is 7.98. The first-order chi connectivity index (χ1) is 21.6. The molecule has 0 spiro atoms. The van der Waals surface area contributed by atoms with Crippen LogP contribution in [0.1, 0.15) is 40.5 Å². The molecule has 0 N–H and O–H groups in total. The predicted molar refractivity (Wildman–Crippen MR) is 187 cm³/mol. The first-order valence-corrected chi connectivity index (χ1v) is 16.4. The van der Waals surface area contributed by atoms with E-state index in [4.69, 9.17) is 9.47 Å². The zero-order chi connectivity index (χ0) is 30.7. The van der Waals surface area contributed by atoms with Crippen LogP contribution in [-0.4, -0.2) is 52.4 Å². The average molecular weight is 593 g/mol. The van der Waals surface area contributed by atoms with Crippen LogP contribution in [0, 0.1) is 0 Å². The summed E-state index contributed by atoms with van der Waals surface area (Å²) in [6.07, 6.45) is 2.14. The van der Waals surface area contributed by atoms with Gasteiger partial charge < -0.3 is 29.1 Å². The van der Waals surface area contributed by atoms with E-state index in [1.165, 1.54) is 22.7 Å². The van der Waals surface area contributed by atoms with Crippen LogP contribution >= 0.6 is 0 Å². The zero-order valence-electron chi connectivity index (χ0n) is 26.9. The van der Waals surface area contributed by atoms with Gasteiger partial charge in [0.2, 0.25) is 0 Å². The minimum absolute atomic E-state index is 0.857. The highest BCUT2D eigenvalue weighted by molar-refractivity contribution is 5.54. The first-order valence-electron chi connectivity index (χ1n) is 16.4. The maximum absolute atomic E-state index is 6.22. The molecule has 232 valence electrons. The Bertz CT molecular complexity index is 1190. The van der Waals surface area contributed by atoms with Gasteiger partial charge in [0, 0.05) is 75.1 Å². The van der Waals surface area contributed by atoms with Crippen LogP contribution in [0.2, 0.25) is 0 Å². The van der Waals surface area contributed by atoms with Crippen molar-refractivity contribution in [2.45, 2.75) is 40.5 Å². The van der Waals surface area contributed by atoms with Crippen molar-refractivity contribution in [3.8, 4) is 23.0 Å². The average Bonchev–Trinajstić information content (AvgIpc) is 3.07. The molecule has 7 aliphatic heterocycles. The van der Waals surface area contributed by atoms with Gasteiger partial charge >= 0.3 is 0 Å². The lowest BCUT2D eigenvalue weighted by Crippen LogP contribution is -2.30. The second kappa shape index (κ2) is 15.4. The quantitative estimate of drug-likeness (QED) is 0.235. The smallest absolute Gasteiger partial charge is 0.127 e. The van der Waals surface area contributed by atoms with Crippen LogP contribution < -0.4 is 29.1 Å². The highest BCUT2D eigenvalue weighted by Crippen LogP contribution is 2.29. The number of ether oxygens (including phenoxy) is 2. The van der Waals surface area contributed by atoms with Crippen molar-refractivity contribution in [3.63, 3.8) is 0 Å². The molecule has 0 fully saturated rings. The molecule has 0 radical (unpaired) electrons. The van der Waals surface area contributed by atoms with Gasteiger partial charge in [0.25, 0.3) is 0 Å². The molecule has 0 saturated carbocycles. The van der Waals surface area contributed by atoms with Gasteiger partial charge in [-0.05, 0) is 138 Å². The molecule has 6 nitrogen and oxygen atoms in total. The molecular weight excluding hydrogens is 544 g/mol. The van der Waals surface area contributed by atoms with Gasteiger partial charge in [-0.3, -0.25) is 0 Å². The molecule has 11 rings (SSSR count). The Kier molecular flexibility index (Phi) is 10.9. The molecule has 6 heteroatoms. The van der Waals surface area contributed by atoms with E-state index in [1.807, 2.05) is 0 Å². The number of nitrogens with zero attached hydrogens (tertiary/aromatic N) is 4. The van der Waals surface area contributed by atoms with Crippen LogP contribution in [0.4, 0.5) is 22.7 Å². The molecule has 0 atom stereocenters. The summed E-state index contributed by atoms with van der Waals surface area (Å²) in [4.78, 5) is 9.73. The number of benzene rings is 4. The molecule has 0 unspecified atom stereocenters. The maximum Gasteiger partial charge on any atom is 0.127 e. The summed E-state index contributed by atoms with van der Waals surface area (Å²) in [7, 11) is 0. The minimum atomic E-state index is 0.857. The Morgan fingerprint density at radius 3 is 0.750 bits per heavy atom.